The summed E-state index contributed by atoms with van der Waals surface area (Å²) < 4.78 is 18.5. The lowest BCUT2D eigenvalue weighted by Crippen LogP contribution is -2.40. The van der Waals surface area contributed by atoms with Crippen molar-refractivity contribution in [3.8, 4) is 5.75 Å². The van der Waals surface area contributed by atoms with Gasteiger partial charge in [0.05, 0.1) is 7.11 Å². The van der Waals surface area contributed by atoms with Crippen LogP contribution in [0.25, 0.3) is 0 Å². The lowest BCUT2D eigenvalue weighted by atomic mass is 10.1. The van der Waals surface area contributed by atoms with Crippen LogP contribution in [0.3, 0.4) is 0 Å². The average molecular weight is 351 g/mol. The van der Waals surface area contributed by atoms with Crippen LogP contribution in [0.1, 0.15) is 29.6 Å². The van der Waals surface area contributed by atoms with Gasteiger partial charge in [-0.2, -0.15) is 0 Å². The molecule has 1 saturated heterocycles. The van der Waals surface area contributed by atoms with Gasteiger partial charge in [-0.1, -0.05) is 0 Å². The lowest BCUT2D eigenvalue weighted by molar-refractivity contribution is -0.129. The summed E-state index contributed by atoms with van der Waals surface area (Å²) in [6.45, 7) is 1.97. The number of likely N-dealkylation sites (tertiary alicyclic amines) is 1. The zero-order valence-electron chi connectivity index (χ0n) is 15.0. The highest BCUT2D eigenvalue weighted by Gasteiger charge is 2.30. The zero-order chi connectivity index (χ0) is 18.4. The molecule has 1 aromatic carbocycles. The van der Waals surface area contributed by atoms with Crippen molar-refractivity contribution in [2.45, 2.75) is 25.3 Å². The number of hydrogen-bond donors (Lipinski definition) is 1. The zero-order valence-corrected chi connectivity index (χ0v) is 15.0. The molecule has 138 valence electrons. The molecule has 1 N–H and O–H groups in total. The SMILES string of the molecule is COc1ccc(C(=O)NCCC2CCC(=O)N2CCN(C)C)cc1F. The van der Waals surface area contributed by atoms with E-state index in [4.69, 9.17) is 4.74 Å². The molecule has 2 rings (SSSR count). The quantitative estimate of drug-likeness (QED) is 0.771. The summed E-state index contributed by atoms with van der Waals surface area (Å²) in [4.78, 5) is 28.1. The minimum Gasteiger partial charge on any atom is -0.494 e. The van der Waals surface area contributed by atoms with Crippen LogP contribution in [0.15, 0.2) is 18.2 Å². The van der Waals surface area contributed by atoms with Gasteiger partial charge < -0.3 is 19.9 Å². The molecule has 1 aliphatic rings. The van der Waals surface area contributed by atoms with Gasteiger partial charge in [-0.05, 0) is 45.1 Å². The Bertz CT molecular complexity index is 622. The van der Waals surface area contributed by atoms with Gasteiger partial charge in [-0.15, -0.1) is 0 Å². The van der Waals surface area contributed by atoms with Crippen molar-refractivity contribution in [3.63, 3.8) is 0 Å². The fraction of sp³-hybridized carbons (Fsp3) is 0.556. The second-order valence-corrected chi connectivity index (χ2v) is 6.48. The van der Waals surface area contributed by atoms with Crippen LogP contribution in [-0.4, -0.2) is 68.5 Å². The molecule has 0 radical (unpaired) electrons. The van der Waals surface area contributed by atoms with Crippen molar-refractivity contribution in [1.82, 2.24) is 15.1 Å². The molecular weight excluding hydrogens is 325 g/mol. The van der Waals surface area contributed by atoms with Crippen molar-refractivity contribution in [3.05, 3.63) is 29.6 Å². The maximum Gasteiger partial charge on any atom is 0.251 e. The number of carbonyl (C=O) groups excluding carboxylic acids is 2. The third kappa shape index (κ3) is 5.16. The standard InChI is InChI=1S/C18H26FN3O3/c1-21(2)10-11-22-14(5-7-17(22)23)8-9-20-18(24)13-4-6-16(25-3)15(19)12-13/h4,6,12,14H,5,7-11H2,1-3H3,(H,20,24). The van der Waals surface area contributed by atoms with Crippen LogP contribution >= 0.6 is 0 Å². The molecule has 7 heteroatoms. The molecular formula is C18H26FN3O3. The molecule has 1 atom stereocenters. The first-order valence-electron chi connectivity index (χ1n) is 8.48. The predicted octanol–water partition coefficient (Wildman–Crippen LogP) is 1.51. The minimum atomic E-state index is -0.564. The van der Waals surface area contributed by atoms with E-state index in [1.54, 1.807) is 0 Å². The number of carbonyl (C=O) groups is 2. The van der Waals surface area contributed by atoms with Gasteiger partial charge in [-0.25, -0.2) is 4.39 Å². The second-order valence-electron chi connectivity index (χ2n) is 6.48. The summed E-state index contributed by atoms with van der Waals surface area (Å²) in [7, 11) is 5.33. The van der Waals surface area contributed by atoms with Gasteiger partial charge in [-0.3, -0.25) is 9.59 Å². The number of halogens is 1. The van der Waals surface area contributed by atoms with Crippen LogP contribution < -0.4 is 10.1 Å². The number of benzene rings is 1. The summed E-state index contributed by atoms with van der Waals surface area (Å²) >= 11 is 0. The molecule has 0 bridgehead atoms. The first kappa shape index (κ1) is 19.2. The van der Waals surface area contributed by atoms with Crippen LogP contribution in [0.2, 0.25) is 0 Å². The van der Waals surface area contributed by atoms with E-state index in [1.807, 2.05) is 23.9 Å². The number of amides is 2. The van der Waals surface area contributed by atoms with E-state index >= 15 is 0 Å². The molecule has 1 aliphatic heterocycles. The highest BCUT2D eigenvalue weighted by molar-refractivity contribution is 5.94. The third-order valence-corrected chi connectivity index (χ3v) is 4.42. The largest absolute Gasteiger partial charge is 0.494 e. The highest BCUT2D eigenvalue weighted by Crippen LogP contribution is 2.21. The summed E-state index contributed by atoms with van der Waals surface area (Å²) in [5.74, 6) is -0.606. The van der Waals surface area contributed by atoms with Crippen molar-refractivity contribution >= 4 is 11.8 Å². The number of methoxy groups -OCH3 is 1. The van der Waals surface area contributed by atoms with Gasteiger partial charge in [0.25, 0.3) is 5.91 Å². The molecule has 0 aliphatic carbocycles. The van der Waals surface area contributed by atoms with E-state index < -0.39 is 5.82 Å². The number of rotatable bonds is 8. The number of hydrogen-bond acceptors (Lipinski definition) is 4. The Morgan fingerprint density at radius 1 is 1.44 bits per heavy atom. The van der Waals surface area contributed by atoms with E-state index in [-0.39, 0.29) is 29.2 Å². The first-order chi connectivity index (χ1) is 11.9. The van der Waals surface area contributed by atoms with Crippen molar-refractivity contribution in [1.29, 1.82) is 0 Å². The van der Waals surface area contributed by atoms with Crippen molar-refractivity contribution in [2.24, 2.45) is 0 Å². The maximum atomic E-state index is 13.7. The van der Waals surface area contributed by atoms with E-state index in [0.717, 1.165) is 19.0 Å². The molecule has 1 aromatic rings. The van der Waals surface area contributed by atoms with Crippen molar-refractivity contribution in [2.75, 3.05) is 40.8 Å². The smallest absolute Gasteiger partial charge is 0.251 e. The van der Waals surface area contributed by atoms with Crippen LogP contribution in [-0.2, 0) is 4.79 Å². The molecule has 2 amide bonds. The highest BCUT2D eigenvalue weighted by atomic mass is 19.1. The molecule has 25 heavy (non-hydrogen) atoms. The first-order valence-corrected chi connectivity index (χ1v) is 8.48. The van der Waals surface area contributed by atoms with E-state index in [9.17, 15) is 14.0 Å². The van der Waals surface area contributed by atoms with Crippen LogP contribution in [0.5, 0.6) is 5.75 Å². The second kappa shape index (κ2) is 8.80. The number of nitrogens with zero attached hydrogens (tertiary/aromatic N) is 2. The summed E-state index contributed by atoms with van der Waals surface area (Å²) in [6.07, 6.45) is 2.08. The maximum absolute atomic E-state index is 13.7. The Labute approximate surface area is 147 Å². The van der Waals surface area contributed by atoms with Crippen LogP contribution in [0, 0.1) is 5.82 Å². The Kier molecular flexibility index (Phi) is 6.75. The summed E-state index contributed by atoms with van der Waals surface area (Å²) in [6, 6.07) is 4.28. The Balaban J connectivity index is 1.83. The number of likely N-dealkylation sites (N-methyl/N-ethyl adjacent to an activating group) is 1. The van der Waals surface area contributed by atoms with E-state index in [0.29, 0.717) is 25.9 Å². The molecule has 1 fully saturated rings. The fourth-order valence-electron chi connectivity index (χ4n) is 2.97. The molecule has 1 unspecified atom stereocenters. The van der Waals surface area contributed by atoms with E-state index in [2.05, 4.69) is 5.32 Å². The average Bonchev–Trinajstić information content (AvgIpc) is 2.92. The third-order valence-electron chi connectivity index (χ3n) is 4.42. The topological polar surface area (TPSA) is 61.9 Å². The molecule has 0 aromatic heterocycles. The lowest BCUT2D eigenvalue weighted by Gasteiger charge is -2.26. The summed E-state index contributed by atoms with van der Waals surface area (Å²) in [5.41, 5.74) is 0.255. The van der Waals surface area contributed by atoms with Gasteiger partial charge >= 0.3 is 0 Å². The molecule has 0 spiro atoms. The van der Waals surface area contributed by atoms with E-state index in [1.165, 1.54) is 19.2 Å². The van der Waals surface area contributed by atoms with Gasteiger partial charge in [0.15, 0.2) is 11.6 Å². The molecule has 0 saturated carbocycles. The normalized spacial score (nSPS) is 17.2. The van der Waals surface area contributed by atoms with Gasteiger partial charge in [0, 0.05) is 37.7 Å². The number of ether oxygens (including phenoxy) is 1. The number of nitrogens with one attached hydrogen (secondary N) is 1. The van der Waals surface area contributed by atoms with Gasteiger partial charge in [0.1, 0.15) is 0 Å². The Morgan fingerprint density at radius 3 is 2.84 bits per heavy atom. The predicted molar refractivity (Wildman–Crippen MR) is 93.2 cm³/mol. The van der Waals surface area contributed by atoms with Crippen molar-refractivity contribution < 1.29 is 18.7 Å². The minimum absolute atomic E-state index is 0.109. The van der Waals surface area contributed by atoms with Crippen LogP contribution in [0.4, 0.5) is 4.39 Å². The van der Waals surface area contributed by atoms with Gasteiger partial charge in [0.2, 0.25) is 5.91 Å². The Hall–Kier alpha value is -2.15. The summed E-state index contributed by atoms with van der Waals surface area (Å²) in [5, 5.41) is 2.80. The molecule has 6 nitrogen and oxygen atoms in total. The molecule has 1 heterocycles. The fourth-order valence-corrected chi connectivity index (χ4v) is 2.97. The Morgan fingerprint density at radius 2 is 2.20 bits per heavy atom. The monoisotopic (exact) mass is 351 g/mol.